The Balaban J connectivity index is 2.29. The second-order valence-corrected chi connectivity index (χ2v) is 6.16. The van der Waals surface area contributed by atoms with E-state index in [0.717, 1.165) is 18.4 Å². The number of hydrogen-bond donors (Lipinski definition) is 1. The van der Waals surface area contributed by atoms with Crippen molar-refractivity contribution in [3.63, 3.8) is 0 Å². The predicted octanol–water partition coefficient (Wildman–Crippen LogP) is 2.32. The van der Waals surface area contributed by atoms with Crippen LogP contribution in [-0.2, 0) is 9.53 Å². The molecule has 1 aromatic heterocycles. The Morgan fingerprint density at radius 1 is 1.48 bits per heavy atom. The van der Waals surface area contributed by atoms with Crippen LogP contribution in [0, 0.1) is 5.92 Å². The van der Waals surface area contributed by atoms with Crippen molar-refractivity contribution in [1.82, 2.24) is 9.55 Å². The molecule has 23 heavy (non-hydrogen) atoms. The maximum absolute atomic E-state index is 12.0. The highest BCUT2D eigenvalue weighted by molar-refractivity contribution is 9.10. The Kier molecular flexibility index (Phi) is 5.76. The van der Waals surface area contributed by atoms with Gasteiger partial charge in [-0.1, -0.05) is 19.1 Å². The molecule has 0 saturated heterocycles. The van der Waals surface area contributed by atoms with Gasteiger partial charge in [-0.2, -0.15) is 0 Å². The van der Waals surface area contributed by atoms with E-state index in [-0.39, 0.29) is 17.9 Å². The first-order valence-electron chi connectivity index (χ1n) is 7.53. The van der Waals surface area contributed by atoms with E-state index in [4.69, 9.17) is 4.74 Å². The van der Waals surface area contributed by atoms with E-state index in [1.807, 2.05) is 6.08 Å². The second-order valence-electron chi connectivity index (χ2n) is 5.30. The summed E-state index contributed by atoms with van der Waals surface area (Å²) < 4.78 is 6.69. The average molecular weight is 383 g/mol. The van der Waals surface area contributed by atoms with Crippen molar-refractivity contribution in [2.45, 2.75) is 32.7 Å². The zero-order chi connectivity index (χ0) is 17.0. The SMILES string of the molecule is CCOC(=O)C=CC1=C[C@H](n2cc(Br)c(=O)[nH]c2=O)C[C@@H]1CC. The van der Waals surface area contributed by atoms with E-state index in [1.54, 1.807) is 13.0 Å². The topological polar surface area (TPSA) is 81.2 Å². The minimum absolute atomic E-state index is 0.151. The second kappa shape index (κ2) is 7.59. The molecule has 0 aliphatic heterocycles. The fraction of sp³-hybridized carbons (Fsp3) is 0.438. The molecule has 124 valence electrons. The maximum atomic E-state index is 12.0. The van der Waals surface area contributed by atoms with Crippen LogP contribution in [0.5, 0.6) is 0 Å². The molecular formula is C16H19BrN2O4. The van der Waals surface area contributed by atoms with E-state index in [1.165, 1.54) is 16.8 Å². The van der Waals surface area contributed by atoms with Crippen LogP contribution >= 0.6 is 15.9 Å². The van der Waals surface area contributed by atoms with E-state index in [0.29, 0.717) is 11.1 Å². The van der Waals surface area contributed by atoms with Crippen molar-refractivity contribution in [2.75, 3.05) is 6.61 Å². The predicted molar refractivity (Wildman–Crippen MR) is 90.3 cm³/mol. The van der Waals surface area contributed by atoms with Gasteiger partial charge >= 0.3 is 11.7 Å². The first-order valence-corrected chi connectivity index (χ1v) is 8.33. The lowest BCUT2D eigenvalue weighted by atomic mass is 9.98. The molecule has 2 atom stereocenters. The number of aromatic amines is 1. The molecule has 1 aliphatic rings. The summed E-state index contributed by atoms with van der Waals surface area (Å²) in [4.78, 5) is 37.2. The van der Waals surface area contributed by atoms with E-state index >= 15 is 0 Å². The molecule has 1 aliphatic carbocycles. The fourth-order valence-electron chi connectivity index (χ4n) is 2.70. The summed E-state index contributed by atoms with van der Waals surface area (Å²) in [6, 6.07) is -0.151. The number of H-pyrrole nitrogens is 1. The van der Waals surface area contributed by atoms with Crippen molar-refractivity contribution < 1.29 is 9.53 Å². The molecule has 0 spiro atoms. The Morgan fingerprint density at radius 2 is 2.22 bits per heavy atom. The summed E-state index contributed by atoms with van der Waals surface area (Å²) in [6.07, 6.45) is 8.26. The zero-order valence-corrected chi connectivity index (χ0v) is 14.6. The molecule has 0 fully saturated rings. The number of nitrogens with one attached hydrogen (secondary N) is 1. The number of halogens is 1. The molecule has 0 bridgehead atoms. The van der Waals surface area contributed by atoms with E-state index in [9.17, 15) is 14.4 Å². The van der Waals surface area contributed by atoms with Crippen molar-refractivity contribution in [1.29, 1.82) is 0 Å². The van der Waals surface area contributed by atoms with Gasteiger partial charge in [0, 0.05) is 12.3 Å². The lowest BCUT2D eigenvalue weighted by Crippen LogP contribution is -2.31. The maximum Gasteiger partial charge on any atom is 0.330 e. The molecule has 0 saturated carbocycles. The summed E-state index contributed by atoms with van der Waals surface area (Å²) in [5.41, 5.74) is 0.118. The molecule has 0 amide bonds. The molecule has 2 rings (SSSR count). The van der Waals surface area contributed by atoms with Crippen molar-refractivity contribution in [3.8, 4) is 0 Å². The van der Waals surface area contributed by atoms with E-state index < -0.39 is 11.2 Å². The Bertz CT molecular complexity index is 760. The fourth-order valence-corrected chi connectivity index (χ4v) is 3.02. The van der Waals surface area contributed by atoms with Gasteiger partial charge in [-0.3, -0.25) is 14.3 Å². The minimum atomic E-state index is -0.442. The zero-order valence-electron chi connectivity index (χ0n) is 13.0. The van der Waals surface area contributed by atoms with Gasteiger partial charge in [-0.25, -0.2) is 9.59 Å². The van der Waals surface area contributed by atoms with Crippen molar-refractivity contribution in [2.24, 2.45) is 5.92 Å². The summed E-state index contributed by atoms with van der Waals surface area (Å²) in [5, 5.41) is 0. The normalized spacial score (nSPS) is 20.7. The van der Waals surface area contributed by atoms with Crippen LogP contribution in [0.25, 0.3) is 0 Å². The summed E-state index contributed by atoms with van der Waals surface area (Å²) >= 11 is 3.14. The van der Waals surface area contributed by atoms with Gasteiger partial charge in [0.25, 0.3) is 5.56 Å². The highest BCUT2D eigenvalue weighted by Crippen LogP contribution is 2.35. The third-order valence-corrected chi connectivity index (χ3v) is 4.42. The molecule has 0 unspecified atom stereocenters. The Morgan fingerprint density at radius 3 is 2.87 bits per heavy atom. The third-order valence-electron chi connectivity index (χ3n) is 3.86. The minimum Gasteiger partial charge on any atom is -0.463 e. The molecule has 1 N–H and O–H groups in total. The highest BCUT2D eigenvalue weighted by atomic mass is 79.9. The number of allylic oxidation sites excluding steroid dienone is 3. The van der Waals surface area contributed by atoms with Crippen molar-refractivity contribution >= 4 is 21.9 Å². The number of ether oxygens (including phenoxy) is 1. The quantitative estimate of drug-likeness (QED) is 0.625. The summed E-state index contributed by atoms with van der Waals surface area (Å²) in [5.74, 6) is -0.126. The largest absolute Gasteiger partial charge is 0.463 e. The van der Waals surface area contributed by atoms with Crippen LogP contribution in [0.3, 0.4) is 0 Å². The summed E-state index contributed by atoms with van der Waals surface area (Å²) in [7, 11) is 0. The number of hydrogen-bond acceptors (Lipinski definition) is 4. The smallest absolute Gasteiger partial charge is 0.330 e. The van der Waals surface area contributed by atoms with Gasteiger partial charge in [0.2, 0.25) is 0 Å². The summed E-state index contributed by atoms with van der Waals surface area (Å²) in [6.45, 7) is 4.15. The van der Waals surface area contributed by atoms with Crippen LogP contribution < -0.4 is 11.2 Å². The van der Waals surface area contributed by atoms with Crippen LogP contribution in [0.4, 0.5) is 0 Å². The van der Waals surface area contributed by atoms with Gasteiger partial charge < -0.3 is 4.74 Å². The average Bonchev–Trinajstić information content (AvgIpc) is 2.92. The molecule has 7 heteroatoms. The first-order chi connectivity index (χ1) is 11.0. The molecule has 0 radical (unpaired) electrons. The third kappa shape index (κ3) is 4.10. The molecule has 1 aromatic rings. The van der Waals surface area contributed by atoms with Gasteiger partial charge in [-0.05, 0) is 47.2 Å². The number of nitrogens with zero attached hydrogens (tertiary/aromatic N) is 1. The molecular weight excluding hydrogens is 364 g/mol. The Hall–Kier alpha value is -1.89. The van der Waals surface area contributed by atoms with Crippen LogP contribution in [0.15, 0.2) is 44.1 Å². The number of esters is 1. The van der Waals surface area contributed by atoms with Crippen LogP contribution in [0.1, 0.15) is 32.7 Å². The highest BCUT2D eigenvalue weighted by Gasteiger charge is 2.26. The van der Waals surface area contributed by atoms with Crippen LogP contribution in [0.2, 0.25) is 0 Å². The van der Waals surface area contributed by atoms with Crippen molar-refractivity contribution in [3.05, 3.63) is 55.3 Å². The number of carbonyl (C=O) groups excluding carboxylic acids is 1. The lowest BCUT2D eigenvalue weighted by Gasteiger charge is -2.14. The number of rotatable bonds is 5. The molecule has 6 nitrogen and oxygen atoms in total. The molecule has 0 aromatic carbocycles. The lowest BCUT2D eigenvalue weighted by molar-refractivity contribution is -0.137. The monoisotopic (exact) mass is 382 g/mol. The van der Waals surface area contributed by atoms with E-state index in [2.05, 4.69) is 27.8 Å². The van der Waals surface area contributed by atoms with Gasteiger partial charge in [0.05, 0.1) is 17.1 Å². The standard InChI is InChI=1S/C16H19BrN2O4/c1-3-10-7-12(8-11(10)5-6-14(20)23-4-2)19-9-13(17)15(21)18-16(19)22/h5-6,8-10,12H,3-4,7H2,1-2H3,(H,18,21,22)/t10-,12+/m0/s1. The van der Waals surface area contributed by atoms with Gasteiger partial charge in [0.15, 0.2) is 0 Å². The number of aromatic nitrogens is 2. The number of carbonyl (C=O) groups is 1. The Labute approximate surface area is 142 Å². The van der Waals surface area contributed by atoms with Gasteiger partial charge in [-0.15, -0.1) is 0 Å². The molecule has 1 heterocycles. The first kappa shape index (κ1) is 17.5. The van der Waals surface area contributed by atoms with Gasteiger partial charge in [0.1, 0.15) is 0 Å². The van der Waals surface area contributed by atoms with Crippen LogP contribution in [-0.4, -0.2) is 22.1 Å².